The number of Topliss-reactive ketones (excluding diaryl/α,β-unsaturated/α-hetero) is 1. The minimum absolute atomic E-state index is 0.0562. The van der Waals surface area contributed by atoms with E-state index in [-0.39, 0.29) is 48.6 Å². The molecule has 2 fully saturated rings. The highest BCUT2D eigenvalue weighted by Gasteiger charge is 2.33. The number of carbonyl (C=O) groups excluding carboxylic acids is 4. The molecule has 0 radical (unpaired) electrons. The number of hydrogen-bond acceptors (Lipinski definition) is 6. The first kappa shape index (κ1) is 29.3. The van der Waals surface area contributed by atoms with Crippen molar-refractivity contribution in [3.8, 4) is 0 Å². The van der Waals surface area contributed by atoms with Crippen LogP contribution in [0.3, 0.4) is 0 Å². The van der Waals surface area contributed by atoms with E-state index in [0.29, 0.717) is 30.5 Å². The van der Waals surface area contributed by atoms with Gasteiger partial charge in [-0.15, -0.1) is 0 Å². The van der Waals surface area contributed by atoms with Gasteiger partial charge in [0.2, 0.25) is 5.91 Å². The van der Waals surface area contributed by atoms with Crippen molar-refractivity contribution in [1.82, 2.24) is 20.4 Å². The Balaban J connectivity index is 1.42. The summed E-state index contributed by atoms with van der Waals surface area (Å²) in [7, 11) is 0. The predicted molar refractivity (Wildman–Crippen MR) is 155 cm³/mol. The summed E-state index contributed by atoms with van der Waals surface area (Å²) in [6.07, 6.45) is 0.996. The Morgan fingerprint density at radius 3 is 2.25 bits per heavy atom. The zero-order chi connectivity index (χ0) is 28.6. The van der Waals surface area contributed by atoms with Crippen molar-refractivity contribution in [3.63, 3.8) is 0 Å². The van der Waals surface area contributed by atoms with Gasteiger partial charge in [-0.25, -0.2) is 0 Å². The van der Waals surface area contributed by atoms with Crippen LogP contribution < -0.4 is 15.5 Å². The molecule has 0 spiro atoms. The summed E-state index contributed by atoms with van der Waals surface area (Å²) >= 11 is 0. The molecule has 0 aromatic heterocycles. The molecule has 2 aliphatic rings. The van der Waals surface area contributed by atoms with Crippen LogP contribution in [0, 0.1) is 5.92 Å². The first-order chi connectivity index (χ1) is 19.2. The topological polar surface area (TPSA) is 102 Å². The van der Waals surface area contributed by atoms with Crippen molar-refractivity contribution in [3.05, 3.63) is 65.7 Å². The summed E-state index contributed by atoms with van der Waals surface area (Å²) in [5.74, 6) is -0.802. The van der Waals surface area contributed by atoms with Crippen molar-refractivity contribution < 1.29 is 19.2 Å². The molecule has 9 nitrogen and oxygen atoms in total. The van der Waals surface area contributed by atoms with Crippen LogP contribution in [0.5, 0.6) is 0 Å². The Bertz CT molecular complexity index is 1180. The quantitative estimate of drug-likeness (QED) is 0.553. The van der Waals surface area contributed by atoms with Crippen molar-refractivity contribution in [2.75, 3.05) is 50.7 Å². The Kier molecular flexibility index (Phi) is 9.93. The normalized spacial score (nSPS) is 19.1. The summed E-state index contributed by atoms with van der Waals surface area (Å²) in [6.45, 7) is 9.79. The molecule has 4 rings (SSSR count). The average molecular weight is 548 g/mol. The molecule has 2 saturated heterocycles. The smallest absolute Gasteiger partial charge is 0.254 e. The van der Waals surface area contributed by atoms with Gasteiger partial charge in [0.15, 0.2) is 5.78 Å². The average Bonchev–Trinajstić information content (AvgIpc) is 2.96. The maximum Gasteiger partial charge on any atom is 0.254 e. The van der Waals surface area contributed by atoms with Crippen LogP contribution in [0.1, 0.15) is 54.3 Å². The summed E-state index contributed by atoms with van der Waals surface area (Å²) in [5.41, 5.74) is 2.10. The zero-order valence-corrected chi connectivity index (χ0v) is 23.8. The molecule has 3 amide bonds. The van der Waals surface area contributed by atoms with E-state index < -0.39 is 6.04 Å². The van der Waals surface area contributed by atoms with Crippen LogP contribution in [0.25, 0.3) is 0 Å². The second-order valence-electron chi connectivity index (χ2n) is 11.2. The molecule has 2 aromatic carbocycles. The number of nitrogens with one attached hydrogen (secondary N) is 2. The van der Waals surface area contributed by atoms with Gasteiger partial charge >= 0.3 is 0 Å². The highest BCUT2D eigenvalue weighted by molar-refractivity contribution is 6.00. The number of anilines is 1. The molecule has 2 heterocycles. The fourth-order valence-corrected chi connectivity index (χ4v) is 5.29. The maximum atomic E-state index is 13.7. The lowest BCUT2D eigenvalue weighted by Crippen LogP contribution is -2.54. The number of carbonyl (C=O) groups is 4. The Morgan fingerprint density at radius 1 is 0.925 bits per heavy atom. The van der Waals surface area contributed by atoms with E-state index in [1.54, 1.807) is 46.2 Å². The largest absolute Gasteiger partial charge is 0.369 e. The van der Waals surface area contributed by atoms with Crippen LogP contribution >= 0.6 is 0 Å². The molecule has 0 saturated carbocycles. The molecule has 2 N–H and O–H groups in total. The van der Waals surface area contributed by atoms with Crippen molar-refractivity contribution in [1.29, 1.82) is 0 Å². The lowest BCUT2D eigenvalue weighted by molar-refractivity contribution is -0.138. The van der Waals surface area contributed by atoms with Gasteiger partial charge in [0.25, 0.3) is 11.8 Å². The lowest BCUT2D eigenvalue weighted by atomic mass is 10.0. The van der Waals surface area contributed by atoms with E-state index in [9.17, 15) is 19.2 Å². The molecule has 214 valence electrons. The molecule has 2 atom stereocenters. The number of rotatable bonds is 7. The third-order valence-electron chi connectivity index (χ3n) is 7.58. The van der Waals surface area contributed by atoms with E-state index >= 15 is 0 Å². The van der Waals surface area contributed by atoms with E-state index in [1.807, 2.05) is 39.0 Å². The van der Waals surface area contributed by atoms with Crippen LogP contribution in [-0.4, -0.2) is 91.2 Å². The fraction of sp³-hybridized carbons (Fsp3) is 0.484. The highest BCUT2D eigenvalue weighted by atomic mass is 16.2. The van der Waals surface area contributed by atoms with Gasteiger partial charge < -0.3 is 25.3 Å². The van der Waals surface area contributed by atoms with E-state index in [1.165, 1.54) is 0 Å². The molecule has 2 aromatic rings. The summed E-state index contributed by atoms with van der Waals surface area (Å²) < 4.78 is 0. The molecular weight excluding hydrogens is 506 g/mol. The maximum absolute atomic E-state index is 13.7. The molecule has 2 aliphatic heterocycles. The van der Waals surface area contributed by atoms with Crippen LogP contribution in [0.4, 0.5) is 5.69 Å². The van der Waals surface area contributed by atoms with Crippen LogP contribution in [0.15, 0.2) is 54.6 Å². The van der Waals surface area contributed by atoms with Gasteiger partial charge in [-0.1, -0.05) is 32.0 Å². The minimum atomic E-state index is -0.745. The molecule has 0 bridgehead atoms. The van der Waals surface area contributed by atoms with Crippen LogP contribution in [-0.2, 0) is 9.59 Å². The van der Waals surface area contributed by atoms with Crippen molar-refractivity contribution in [2.24, 2.45) is 5.92 Å². The minimum Gasteiger partial charge on any atom is -0.369 e. The van der Waals surface area contributed by atoms with Gasteiger partial charge in [0.05, 0.1) is 13.1 Å². The summed E-state index contributed by atoms with van der Waals surface area (Å²) in [4.78, 5) is 58.4. The molecule has 9 heteroatoms. The van der Waals surface area contributed by atoms with Crippen LogP contribution in [0.2, 0.25) is 0 Å². The molecular formula is C31H41N5O4. The highest BCUT2D eigenvalue weighted by Crippen LogP contribution is 2.18. The van der Waals surface area contributed by atoms with E-state index in [4.69, 9.17) is 0 Å². The number of piperazine rings is 1. The third kappa shape index (κ3) is 7.47. The molecule has 0 aliphatic carbocycles. The third-order valence-corrected chi connectivity index (χ3v) is 7.58. The van der Waals surface area contributed by atoms with Crippen molar-refractivity contribution >= 4 is 29.2 Å². The van der Waals surface area contributed by atoms with Gasteiger partial charge in [-0.05, 0) is 62.1 Å². The van der Waals surface area contributed by atoms with Gasteiger partial charge in [0, 0.05) is 55.6 Å². The standard InChI is InChI=1S/C31H41N5O4/c1-22(2)19-28(33-29(38)24-9-11-26(12-10-24)34-17-14-32-15-18-34)31(40)35-16-13-23(3)36(21-27(37)20-35)30(39)25-7-5-4-6-8-25/h4-12,22-23,28,32H,13-21H2,1-3H3,(H,33,38)/t23-,28-/m0/s1. The number of amides is 3. The number of benzene rings is 2. The van der Waals surface area contributed by atoms with E-state index in [2.05, 4.69) is 15.5 Å². The number of nitrogens with zero attached hydrogens (tertiary/aromatic N) is 3. The van der Waals surface area contributed by atoms with Gasteiger partial charge in [-0.2, -0.15) is 0 Å². The monoisotopic (exact) mass is 547 g/mol. The second-order valence-corrected chi connectivity index (χ2v) is 11.2. The predicted octanol–water partition coefficient (Wildman–Crippen LogP) is 2.57. The Morgan fingerprint density at radius 2 is 1.60 bits per heavy atom. The van der Waals surface area contributed by atoms with Gasteiger partial charge in [-0.3, -0.25) is 19.2 Å². The lowest BCUT2D eigenvalue weighted by Gasteiger charge is -2.36. The zero-order valence-electron chi connectivity index (χ0n) is 23.8. The summed E-state index contributed by atoms with van der Waals surface area (Å²) in [5, 5.41) is 6.28. The number of hydrogen-bond donors (Lipinski definition) is 2. The number of ketones is 1. The summed E-state index contributed by atoms with van der Waals surface area (Å²) in [6, 6.07) is 15.4. The molecule has 0 unspecified atom stereocenters. The van der Waals surface area contributed by atoms with Crippen molar-refractivity contribution in [2.45, 2.75) is 45.7 Å². The SMILES string of the molecule is CC(C)C[C@H](NC(=O)c1ccc(N2CCNCC2)cc1)C(=O)N1CC[C@H](C)N(C(=O)c2ccccc2)CC(=O)C1. The Labute approximate surface area is 236 Å². The first-order valence-corrected chi connectivity index (χ1v) is 14.3. The van der Waals surface area contributed by atoms with E-state index in [0.717, 1.165) is 31.9 Å². The Hall–Kier alpha value is -3.72. The van der Waals surface area contributed by atoms with Gasteiger partial charge in [0.1, 0.15) is 6.04 Å². The fourth-order valence-electron chi connectivity index (χ4n) is 5.29. The second kappa shape index (κ2) is 13.6. The first-order valence-electron chi connectivity index (χ1n) is 14.3. The molecule has 40 heavy (non-hydrogen) atoms.